The number of carbonyl (C=O) groups excluding carboxylic acids is 1. The zero-order valence-corrected chi connectivity index (χ0v) is 20.9. The van der Waals surface area contributed by atoms with E-state index >= 15 is 0 Å². The number of carbonyl (C=O) groups is 1. The van der Waals surface area contributed by atoms with Crippen LogP contribution in [0.1, 0.15) is 33.0 Å². The van der Waals surface area contributed by atoms with E-state index in [1.165, 1.54) is 14.2 Å². The summed E-state index contributed by atoms with van der Waals surface area (Å²) in [5, 5.41) is 17.4. The summed E-state index contributed by atoms with van der Waals surface area (Å²) in [6.07, 6.45) is 0. The third-order valence-electron chi connectivity index (χ3n) is 6.30. The van der Waals surface area contributed by atoms with Crippen LogP contribution in [0, 0.1) is 18.3 Å². The first-order chi connectivity index (χ1) is 18.4. The number of allylic oxidation sites excluding steroid dienone is 1. The van der Waals surface area contributed by atoms with Gasteiger partial charge in [0.25, 0.3) is 0 Å². The molecule has 4 aromatic rings. The Balaban J connectivity index is 1.65. The molecule has 190 valence electrons. The summed E-state index contributed by atoms with van der Waals surface area (Å²) in [5.74, 6) is -0.423. The molecular formula is C29H24N4O5. The Bertz CT molecular complexity index is 1560. The van der Waals surface area contributed by atoms with Crippen LogP contribution in [-0.4, -0.2) is 30.4 Å². The van der Waals surface area contributed by atoms with Crippen molar-refractivity contribution in [3.05, 3.63) is 100 Å². The normalized spacial score (nSPS) is 14.2. The molecule has 0 amide bonds. The molecule has 1 aromatic heterocycles. The summed E-state index contributed by atoms with van der Waals surface area (Å²) in [6, 6.07) is 22.0. The van der Waals surface area contributed by atoms with E-state index in [1.807, 2.05) is 37.3 Å². The van der Waals surface area contributed by atoms with Crippen molar-refractivity contribution >= 4 is 5.97 Å². The van der Waals surface area contributed by atoms with Crippen molar-refractivity contribution in [1.82, 2.24) is 10.2 Å². The summed E-state index contributed by atoms with van der Waals surface area (Å²) >= 11 is 0. The highest BCUT2D eigenvalue weighted by Crippen LogP contribution is 2.49. The molecule has 1 aliphatic rings. The maximum absolute atomic E-state index is 12.8. The molecule has 9 nitrogen and oxygen atoms in total. The van der Waals surface area contributed by atoms with E-state index in [-0.39, 0.29) is 34.6 Å². The summed E-state index contributed by atoms with van der Waals surface area (Å²) in [5.41, 5.74) is 10.6. The third-order valence-corrected chi connectivity index (χ3v) is 6.30. The van der Waals surface area contributed by atoms with Gasteiger partial charge < -0.3 is 24.7 Å². The number of esters is 1. The van der Waals surface area contributed by atoms with Crippen LogP contribution in [0.2, 0.25) is 0 Å². The fraction of sp³-hybridized carbons (Fsp3) is 0.138. The van der Waals surface area contributed by atoms with Gasteiger partial charge in [0.1, 0.15) is 11.6 Å². The van der Waals surface area contributed by atoms with E-state index in [4.69, 9.17) is 24.7 Å². The molecule has 3 N–H and O–H groups in total. The molecule has 1 aliphatic heterocycles. The zero-order valence-electron chi connectivity index (χ0n) is 20.9. The van der Waals surface area contributed by atoms with Gasteiger partial charge in [-0.05, 0) is 36.8 Å². The minimum Gasteiger partial charge on any atom is -0.493 e. The van der Waals surface area contributed by atoms with Crippen LogP contribution in [-0.2, 0) is 0 Å². The number of nitriles is 1. The van der Waals surface area contributed by atoms with Crippen molar-refractivity contribution in [2.24, 2.45) is 5.73 Å². The first-order valence-electron chi connectivity index (χ1n) is 11.7. The van der Waals surface area contributed by atoms with Gasteiger partial charge in [-0.3, -0.25) is 5.10 Å². The zero-order chi connectivity index (χ0) is 26.8. The second-order valence-electron chi connectivity index (χ2n) is 8.62. The van der Waals surface area contributed by atoms with Crippen LogP contribution in [0.15, 0.2) is 78.2 Å². The fourth-order valence-electron chi connectivity index (χ4n) is 4.41. The van der Waals surface area contributed by atoms with Crippen molar-refractivity contribution in [3.8, 4) is 40.5 Å². The van der Waals surface area contributed by atoms with E-state index in [0.29, 0.717) is 22.4 Å². The van der Waals surface area contributed by atoms with E-state index in [1.54, 1.807) is 36.4 Å². The Hall–Kier alpha value is -5.23. The molecule has 0 bridgehead atoms. The van der Waals surface area contributed by atoms with E-state index in [9.17, 15) is 10.1 Å². The van der Waals surface area contributed by atoms with Crippen molar-refractivity contribution in [2.45, 2.75) is 12.8 Å². The van der Waals surface area contributed by atoms with Crippen molar-refractivity contribution in [3.63, 3.8) is 0 Å². The molecule has 0 radical (unpaired) electrons. The fourth-order valence-corrected chi connectivity index (χ4v) is 4.41. The number of rotatable bonds is 6. The second-order valence-corrected chi connectivity index (χ2v) is 8.62. The molecule has 0 aliphatic carbocycles. The number of fused-ring (bicyclic) bond motifs is 1. The number of aryl methyl sites for hydroxylation is 1. The summed E-state index contributed by atoms with van der Waals surface area (Å²) < 4.78 is 22.6. The molecule has 0 saturated heterocycles. The molecule has 0 unspecified atom stereocenters. The van der Waals surface area contributed by atoms with Crippen LogP contribution in [0.25, 0.3) is 11.3 Å². The molecular weight excluding hydrogens is 484 g/mol. The highest BCUT2D eigenvalue weighted by Gasteiger charge is 2.37. The van der Waals surface area contributed by atoms with Crippen LogP contribution in [0.5, 0.6) is 23.1 Å². The lowest BCUT2D eigenvalue weighted by Crippen LogP contribution is -2.21. The monoisotopic (exact) mass is 508 g/mol. The van der Waals surface area contributed by atoms with Crippen molar-refractivity contribution in [2.75, 3.05) is 14.2 Å². The average molecular weight is 509 g/mol. The SMILES string of the molecule is COc1cc([C@H]2C(C#N)=C(N)Oc3n[nH]c(-c4ccc(C)cc4)c32)cc(OC)c1OC(=O)c1ccccc1. The van der Waals surface area contributed by atoms with Gasteiger partial charge in [-0.1, -0.05) is 48.0 Å². The van der Waals surface area contributed by atoms with Gasteiger partial charge in [0.15, 0.2) is 11.5 Å². The number of hydrogen-bond acceptors (Lipinski definition) is 8. The van der Waals surface area contributed by atoms with Gasteiger partial charge in [0.2, 0.25) is 17.5 Å². The predicted molar refractivity (Wildman–Crippen MR) is 139 cm³/mol. The number of nitrogens with one attached hydrogen (secondary N) is 1. The summed E-state index contributed by atoms with van der Waals surface area (Å²) in [7, 11) is 2.91. The quantitative estimate of drug-likeness (QED) is 0.279. The van der Waals surface area contributed by atoms with Crippen LogP contribution in [0.3, 0.4) is 0 Å². The number of benzene rings is 3. The summed E-state index contributed by atoms with van der Waals surface area (Å²) in [4.78, 5) is 12.8. The standard InChI is InChI=1S/C29H24N4O5/c1-16-9-11-17(12-10-16)25-24-23(20(15-30)27(31)38-28(24)33-32-25)19-13-21(35-2)26(22(14-19)36-3)37-29(34)18-7-5-4-6-8-18/h4-14,23H,31H2,1-3H3,(H,32,33)/t23-/m0/s1. The molecule has 5 rings (SSSR count). The predicted octanol–water partition coefficient (Wildman–Crippen LogP) is 4.84. The smallest absolute Gasteiger partial charge is 0.343 e. The minimum absolute atomic E-state index is 0.0514. The lowest BCUT2D eigenvalue weighted by molar-refractivity contribution is 0.0724. The average Bonchev–Trinajstić information content (AvgIpc) is 3.36. The first-order valence-corrected chi connectivity index (χ1v) is 11.7. The number of aromatic nitrogens is 2. The Morgan fingerprint density at radius 1 is 1.05 bits per heavy atom. The number of aromatic amines is 1. The highest BCUT2D eigenvalue weighted by molar-refractivity contribution is 5.91. The minimum atomic E-state index is -0.666. The largest absolute Gasteiger partial charge is 0.493 e. The number of H-pyrrole nitrogens is 1. The number of nitrogens with zero attached hydrogens (tertiary/aromatic N) is 2. The molecule has 0 spiro atoms. The van der Waals surface area contributed by atoms with Gasteiger partial charge in [-0.25, -0.2) is 4.79 Å². The topological polar surface area (TPSA) is 132 Å². The Labute approximate surface area is 219 Å². The lowest BCUT2D eigenvalue weighted by atomic mass is 9.82. The van der Waals surface area contributed by atoms with Crippen LogP contribution in [0.4, 0.5) is 0 Å². The number of hydrogen-bond donors (Lipinski definition) is 2. The van der Waals surface area contributed by atoms with Crippen LogP contribution < -0.4 is 24.7 Å². The number of ether oxygens (including phenoxy) is 4. The molecule has 38 heavy (non-hydrogen) atoms. The molecule has 3 aromatic carbocycles. The van der Waals surface area contributed by atoms with E-state index in [2.05, 4.69) is 16.3 Å². The van der Waals surface area contributed by atoms with Crippen molar-refractivity contribution < 1.29 is 23.7 Å². The van der Waals surface area contributed by atoms with Crippen LogP contribution >= 0.6 is 0 Å². The van der Waals surface area contributed by atoms with Gasteiger partial charge >= 0.3 is 5.97 Å². The molecule has 0 fully saturated rings. The number of methoxy groups -OCH3 is 2. The Morgan fingerprint density at radius 2 is 1.71 bits per heavy atom. The molecule has 0 saturated carbocycles. The van der Waals surface area contributed by atoms with Gasteiger partial charge in [-0.15, -0.1) is 5.10 Å². The van der Waals surface area contributed by atoms with Gasteiger partial charge in [-0.2, -0.15) is 5.26 Å². The Morgan fingerprint density at radius 3 is 2.32 bits per heavy atom. The molecule has 9 heteroatoms. The Kier molecular flexibility index (Phi) is 6.46. The maximum Gasteiger partial charge on any atom is 0.343 e. The van der Waals surface area contributed by atoms with Crippen molar-refractivity contribution in [1.29, 1.82) is 5.26 Å². The second kappa shape index (κ2) is 10.0. The van der Waals surface area contributed by atoms with Gasteiger partial charge in [0.05, 0.1) is 37.0 Å². The third kappa shape index (κ3) is 4.29. The summed E-state index contributed by atoms with van der Waals surface area (Å²) in [6.45, 7) is 2.00. The molecule has 2 heterocycles. The van der Waals surface area contributed by atoms with E-state index in [0.717, 1.165) is 11.1 Å². The lowest BCUT2D eigenvalue weighted by Gasteiger charge is -2.25. The first kappa shape index (κ1) is 24.5. The number of nitrogens with two attached hydrogens (primary N) is 1. The van der Waals surface area contributed by atoms with Gasteiger partial charge in [0, 0.05) is 5.56 Å². The maximum atomic E-state index is 12.8. The van der Waals surface area contributed by atoms with E-state index < -0.39 is 11.9 Å². The highest BCUT2D eigenvalue weighted by atomic mass is 16.6. The molecule has 1 atom stereocenters.